The van der Waals surface area contributed by atoms with Crippen LogP contribution in [0.3, 0.4) is 0 Å². The third-order valence-electron chi connectivity index (χ3n) is 2.58. The van der Waals surface area contributed by atoms with E-state index in [4.69, 9.17) is 4.99 Å². The Labute approximate surface area is 92.0 Å². The zero-order chi connectivity index (χ0) is 11.0. The lowest BCUT2D eigenvalue weighted by Gasteiger charge is -2.24. The number of amidine groups is 1. The first-order valence-electron chi connectivity index (χ1n) is 5.24. The van der Waals surface area contributed by atoms with E-state index in [1.807, 2.05) is 11.8 Å². The van der Waals surface area contributed by atoms with Crippen molar-refractivity contribution in [1.29, 1.82) is 0 Å². The van der Waals surface area contributed by atoms with Crippen LogP contribution in [0.2, 0.25) is 0 Å². The predicted octanol–water partition coefficient (Wildman–Crippen LogP) is 2.89. The van der Waals surface area contributed by atoms with Gasteiger partial charge in [0, 0.05) is 11.3 Å². The van der Waals surface area contributed by atoms with E-state index in [0.717, 1.165) is 10.9 Å². The molecule has 0 amide bonds. The Kier molecular flexibility index (Phi) is 3.20. The first-order chi connectivity index (χ1) is 6.23. The van der Waals surface area contributed by atoms with Crippen LogP contribution in [0.15, 0.2) is 4.99 Å². The molecule has 0 fully saturated rings. The number of hydrogen-bond acceptors (Lipinski definition) is 3. The van der Waals surface area contributed by atoms with Gasteiger partial charge in [-0.3, -0.25) is 4.99 Å². The van der Waals surface area contributed by atoms with Crippen molar-refractivity contribution >= 4 is 16.9 Å². The molecule has 0 aliphatic carbocycles. The first-order valence-corrected chi connectivity index (χ1v) is 6.22. The van der Waals surface area contributed by atoms with Gasteiger partial charge in [0.05, 0.1) is 5.54 Å². The molecule has 1 unspecified atom stereocenters. The second-order valence-electron chi connectivity index (χ2n) is 5.59. The molecule has 0 aromatic heterocycles. The molecule has 3 heteroatoms. The zero-order valence-electron chi connectivity index (χ0n) is 10.1. The molecule has 1 aliphatic rings. The molecule has 0 spiro atoms. The van der Waals surface area contributed by atoms with E-state index in [1.54, 1.807) is 0 Å². The summed E-state index contributed by atoms with van der Waals surface area (Å²) in [5.41, 5.74) is 0.242. The van der Waals surface area contributed by atoms with Crippen molar-refractivity contribution in [1.82, 2.24) is 5.32 Å². The monoisotopic (exact) mass is 214 g/mol. The van der Waals surface area contributed by atoms with Crippen molar-refractivity contribution in [3.63, 3.8) is 0 Å². The SMILES string of the molecule is CC(C)C1(C)CSC(NC(C)(C)C)=N1. The molecule has 1 atom stereocenters. The largest absolute Gasteiger partial charge is 0.360 e. The highest BCUT2D eigenvalue weighted by atomic mass is 32.2. The van der Waals surface area contributed by atoms with Gasteiger partial charge in [0.2, 0.25) is 0 Å². The Morgan fingerprint density at radius 2 is 2.00 bits per heavy atom. The van der Waals surface area contributed by atoms with E-state index < -0.39 is 0 Å². The number of thioether (sulfide) groups is 1. The van der Waals surface area contributed by atoms with Gasteiger partial charge in [0.25, 0.3) is 0 Å². The number of aliphatic imine (C=N–C) groups is 1. The van der Waals surface area contributed by atoms with Crippen LogP contribution in [0.4, 0.5) is 0 Å². The smallest absolute Gasteiger partial charge is 0.157 e. The average Bonchev–Trinajstić information content (AvgIpc) is 2.29. The molecular formula is C11H22N2S. The van der Waals surface area contributed by atoms with Crippen molar-refractivity contribution in [3.8, 4) is 0 Å². The van der Waals surface area contributed by atoms with Crippen molar-refractivity contribution in [2.75, 3.05) is 5.75 Å². The van der Waals surface area contributed by atoms with Gasteiger partial charge in [0.1, 0.15) is 0 Å². The molecule has 0 saturated heterocycles. The Morgan fingerprint density at radius 1 is 1.43 bits per heavy atom. The summed E-state index contributed by atoms with van der Waals surface area (Å²) in [4.78, 5) is 4.77. The molecule has 0 aromatic carbocycles. The summed E-state index contributed by atoms with van der Waals surface area (Å²) in [6.45, 7) is 13.2. The Bertz CT molecular complexity index is 240. The Morgan fingerprint density at radius 3 is 2.36 bits per heavy atom. The van der Waals surface area contributed by atoms with E-state index in [9.17, 15) is 0 Å². The van der Waals surface area contributed by atoms with Gasteiger partial charge in [-0.2, -0.15) is 0 Å². The fourth-order valence-corrected chi connectivity index (χ4v) is 2.67. The molecule has 1 rings (SSSR count). The number of rotatable bonds is 1. The Balaban J connectivity index is 2.68. The summed E-state index contributed by atoms with van der Waals surface area (Å²) in [7, 11) is 0. The molecule has 14 heavy (non-hydrogen) atoms. The summed E-state index contributed by atoms with van der Waals surface area (Å²) in [6, 6.07) is 0. The van der Waals surface area contributed by atoms with Crippen LogP contribution in [-0.4, -0.2) is 22.0 Å². The number of nitrogens with one attached hydrogen (secondary N) is 1. The Hall–Kier alpha value is -0.180. The maximum absolute atomic E-state index is 4.77. The summed E-state index contributed by atoms with van der Waals surface area (Å²) < 4.78 is 0. The molecule has 0 aromatic rings. The van der Waals surface area contributed by atoms with Crippen molar-refractivity contribution in [2.24, 2.45) is 10.9 Å². The fourth-order valence-electron chi connectivity index (χ4n) is 1.19. The molecule has 0 saturated carbocycles. The van der Waals surface area contributed by atoms with Crippen LogP contribution < -0.4 is 5.32 Å². The molecular weight excluding hydrogens is 192 g/mol. The van der Waals surface area contributed by atoms with Crippen LogP contribution in [-0.2, 0) is 0 Å². The van der Waals surface area contributed by atoms with Crippen molar-refractivity contribution in [2.45, 2.75) is 52.6 Å². The van der Waals surface area contributed by atoms with Crippen molar-refractivity contribution < 1.29 is 0 Å². The number of nitrogens with zero attached hydrogens (tertiary/aromatic N) is 1. The molecule has 2 nitrogen and oxygen atoms in total. The fraction of sp³-hybridized carbons (Fsp3) is 0.909. The normalized spacial score (nSPS) is 28.1. The van der Waals surface area contributed by atoms with Crippen molar-refractivity contribution in [3.05, 3.63) is 0 Å². The molecule has 1 aliphatic heterocycles. The van der Waals surface area contributed by atoms with Gasteiger partial charge in [-0.1, -0.05) is 25.6 Å². The third-order valence-corrected chi connectivity index (χ3v) is 3.78. The maximum atomic E-state index is 4.77. The average molecular weight is 214 g/mol. The van der Waals surface area contributed by atoms with E-state index >= 15 is 0 Å². The first kappa shape index (κ1) is 11.9. The quantitative estimate of drug-likeness (QED) is 0.726. The van der Waals surface area contributed by atoms with Crippen LogP contribution in [0.5, 0.6) is 0 Å². The second-order valence-corrected chi connectivity index (χ2v) is 6.56. The lowest BCUT2D eigenvalue weighted by Crippen LogP contribution is -2.39. The number of hydrogen-bond donors (Lipinski definition) is 1. The third kappa shape index (κ3) is 2.91. The summed E-state index contributed by atoms with van der Waals surface area (Å²) in [5, 5.41) is 4.55. The second kappa shape index (κ2) is 3.76. The van der Waals surface area contributed by atoms with Gasteiger partial charge in [-0.15, -0.1) is 0 Å². The van der Waals surface area contributed by atoms with Crippen LogP contribution in [0.25, 0.3) is 0 Å². The van der Waals surface area contributed by atoms with Gasteiger partial charge in [-0.05, 0) is 33.6 Å². The minimum atomic E-state index is 0.119. The maximum Gasteiger partial charge on any atom is 0.157 e. The van der Waals surface area contributed by atoms with E-state index in [-0.39, 0.29) is 11.1 Å². The van der Waals surface area contributed by atoms with Gasteiger partial charge < -0.3 is 5.32 Å². The minimum absolute atomic E-state index is 0.119. The minimum Gasteiger partial charge on any atom is -0.360 e. The van der Waals surface area contributed by atoms with Gasteiger partial charge in [0.15, 0.2) is 5.17 Å². The summed E-state index contributed by atoms with van der Waals surface area (Å²) >= 11 is 1.84. The highest BCUT2D eigenvalue weighted by Crippen LogP contribution is 2.33. The highest BCUT2D eigenvalue weighted by molar-refractivity contribution is 8.14. The standard InChI is InChI=1S/C11H22N2S/c1-8(2)11(6)7-14-9(13-11)12-10(3,4)5/h8H,7H2,1-6H3,(H,12,13). The van der Waals surface area contributed by atoms with E-state index in [0.29, 0.717) is 5.92 Å². The molecule has 1 heterocycles. The lowest BCUT2D eigenvalue weighted by molar-refractivity contribution is 0.387. The molecule has 82 valence electrons. The topological polar surface area (TPSA) is 24.4 Å². The van der Waals surface area contributed by atoms with E-state index in [2.05, 4.69) is 46.9 Å². The molecule has 1 N–H and O–H groups in total. The van der Waals surface area contributed by atoms with Crippen LogP contribution in [0, 0.1) is 5.92 Å². The van der Waals surface area contributed by atoms with Gasteiger partial charge >= 0.3 is 0 Å². The highest BCUT2D eigenvalue weighted by Gasteiger charge is 2.34. The van der Waals surface area contributed by atoms with E-state index in [1.165, 1.54) is 0 Å². The van der Waals surface area contributed by atoms with Gasteiger partial charge in [-0.25, -0.2) is 0 Å². The zero-order valence-corrected chi connectivity index (χ0v) is 11.0. The molecule has 0 bridgehead atoms. The summed E-state index contributed by atoms with van der Waals surface area (Å²) in [5.74, 6) is 1.71. The summed E-state index contributed by atoms with van der Waals surface area (Å²) in [6.07, 6.45) is 0. The predicted molar refractivity (Wildman–Crippen MR) is 66.0 cm³/mol. The van der Waals surface area contributed by atoms with Crippen LogP contribution >= 0.6 is 11.8 Å². The molecule has 0 radical (unpaired) electrons. The van der Waals surface area contributed by atoms with Crippen LogP contribution in [0.1, 0.15) is 41.5 Å². The lowest BCUT2D eigenvalue weighted by atomic mass is 9.91.